The predicted octanol–water partition coefficient (Wildman–Crippen LogP) is 1.97. The molecule has 2 heterocycles. The quantitative estimate of drug-likeness (QED) is 0.915. The zero-order chi connectivity index (χ0) is 16.1. The molecule has 1 unspecified atom stereocenters. The highest BCUT2D eigenvalue weighted by atomic mass is 32.2. The molecule has 126 valence electrons. The molecule has 2 N–H and O–H groups in total. The second-order valence-electron chi connectivity index (χ2n) is 6.47. The van der Waals surface area contributed by atoms with E-state index in [-0.39, 0.29) is 11.9 Å². The number of carbonyl (C=O) groups excluding carboxylic acids is 1. The topological polar surface area (TPSA) is 49.6 Å². The first-order valence-corrected chi connectivity index (χ1v) is 9.80. The van der Waals surface area contributed by atoms with Gasteiger partial charge in [0.15, 0.2) is 0 Å². The van der Waals surface area contributed by atoms with Crippen LogP contribution in [0, 0.1) is 5.92 Å². The molecule has 2 aliphatic heterocycles. The summed E-state index contributed by atoms with van der Waals surface area (Å²) in [6.07, 6.45) is 2.08. The number of likely N-dealkylation sites (tertiary alicyclic amines) is 1. The number of thioether (sulfide) groups is 1. The first kappa shape index (κ1) is 16.8. The van der Waals surface area contributed by atoms with Crippen LogP contribution < -0.4 is 5.73 Å². The van der Waals surface area contributed by atoms with Gasteiger partial charge in [-0.1, -0.05) is 30.3 Å². The summed E-state index contributed by atoms with van der Waals surface area (Å²) >= 11 is 1.98. The number of benzene rings is 1. The molecule has 1 amide bonds. The van der Waals surface area contributed by atoms with Crippen molar-refractivity contribution >= 4 is 17.7 Å². The van der Waals surface area contributed by atoms with Crippen LogP contribution in [0.25, 0.3) is 0 Å². The normalized spacial score (nSPS) is 22.0. The molecule has 0 saturated carbocycles. The molecule has 1 aromatic carbocycles. The molecular formula is C18H27N3OS. The van der Waals surface area contributed by atoms with Gasteiger partial charge >= 0.3 is 0 Å². The lowest BCUT2D eigenvalue weighted by molar-refractivity contribution is -0.138. The van der Waals surface area contributed by atoms with Gasteiger partial charge in [-0.15, -0.1) is 0 Å². The van der Waals surface area contributed by atoms with E-state index in [1.54, 1.807) is 0 Å². The van der Waals surface area contributed by atoms with Crippen molar-refractivity contribution in [1.82, 2.24) is 9.80 Å². The summed E-state index contributed by atoms with van der Waals surface area (Å²) < 4.78 is 0. The minimum Gasteiger partial charge on any atom is -0.341 e. The summed E-state index contributed by atoms with van der Waals surface area (Å²) in [5.74, 6) is 3.09. The van der Waals surface area contributed by atoms with Crippen LogP contribution in [0.3, 0.4) is 0 Å². The number of nitrogens with two attached hydrogens (primary N) is 1. The lowest BCUT2D eigenvalue weighted by atomic mass is 9.95. The van der Waals surface area contributed by atoms with Gasteiger partial charge in [0.2, 0.25) is 5.91 Å². The lowest BCUT2D eigenvalue weighted by Gasteiger charge is -2.39. The summed E-state index contributed by atoms with van der Waals surface area (Å²) in [4.78, 5) is 17.7. The van der Waals surface area contributed by atoms with Crippen molar-refractivity contribution in [2.75, 3.05) is 44.2 Å². The van der Waals surface area contributed by atoms with E-state index in [0.717, 1.165) is 62.6 Å². The van der Waals surface area contributed by atoms with Gasteiger partial charge in [-0.25, -0.2) is 0 Å². The SMILES string of the molecule is NCC1CCN(C(=O)C(c2ccccc2)N2CCSCC2)CC1. The van der Waals surface area contributed by atoms with Crippen molar-refractivity contribution in [2.24, 2.45) is 11.7 Å². The van der Waals surface area contributed by atoms with Crippen molar-refractivity contribution in [3.05, 3.63) is 35.9 Å². The maximum absolute atomic E-state index is 13.2. The zero-order valence-corrected chi connectivity index (χ0v) is 14.5. The monoisotopic (exact) mass is 333 g/mol. The highest BCUT2D eigenvalue weighted by Crippen LogP contribution is 2.28. The molecule has 2 fully saturated rings. The summed E-state index contributed by atoms with van der Waals surface area (Å²) in [5, 5.41) is 0. The van der Waals surface area contributed by atoms with Crippen molar-refractivity contribution < 1.29 is 4.79 Å². The second-order valence-corrected chi connectivity index (χ2v) is 7.69. The van der Waals surface area contributed by atoms with Crippen LogP contribution in [0.5, 0.6) is 0 Å². The van der Waals surface area contributed by atoms with E-state index in [1.807, 2.05) is 30.0 Å². The highest BCUT2D eigenvalue weighted by molar-refractivity contribution is 7.99. The van der Waals surface area contributed by atoms with Gasteiger partial charge < -0.3 is 10.6 Å². The maximum atomic E-state index is 13.2. The fourth-order valence-electron chi connectivity index (χ4n) is 3.54. The molecule has 3 rings (SSSR count). The molecule has 5 heteroatoms. The number of hydrogen-bond acceptors (Lipinski definition) is 4. The van der Waals surface area contributed by atoms with E-state index in [2.05, 4.69) is 21.9 Å². The summed E-state index contributed by atoms with van der Waals surface area (Å²) in [7, 11) is 0. The van der Waals surface area contributed by atoms with Crippen LogP contribution >= 0.6 is 11.8 Å². The summed E-state index contributed by atoms with van der Waals surface area (Å²) in [6, 6.07) is 10.2. The van der Waals surface area contributed by atoms with E-state index in [9.17, 15) is 4.79 Å². The number of carbonyl (C=O) groups is 1. The molecule has 1 atom stereocenters. The Morgan fingerprint density at radius 3 is 2.39 bits per heavy atom. The third-order valence-electron chi connectivity index (χ3n) is 5.02. The third-order valence-corrected chi connectivity index (χ3v) is 5.96. The predicted molar refractivity (Wildman–Crippen MR) is 96.4 cm³/mol. The van der Waals surface area contributed by atoms with E-state index in [0.29, 0.717) is 5.92 Å². The van der Waals surface area contributed by atoms with Gasteiger partial charge in [0.1, 0.15) is 6.04 Å². The number of hydrogen-bond donors (Lipinski definition) is 1. The smallest absolute Gasteiger partial charge is 0.244 e. The Labute approximate surface area is 143 Å². The summed E-state index contributed by atoms with van der Waals surface area (Å²) in [6.45, 7) is 4.44. The fraction of sp³-hybridized carbons (Fsp3) is 0.611. The minimum absolute atomic E-state index is 0.119. The number of nitrogens with zero attached hydrogens (tertiary/aromatic N) is 2. The summed E-state index contributed by atoms with van der Waals surface area (Å²) in [5.41, 5.74) is 6.91. The van der Waals surface area contributed by atoms with Gasteiger partial charge in [0, 0.05) is 37.7 Å². The van der Waals surface area contributed by atoms with Gasteiger partial charge in [0.05, 0.1) is 0 Å². The molecule has 4 nitrogen and oxygen atoms in total. The van der Waals surface area contributed by atoms with Crippen LogP contribution in [0.4, 0.5) is 0 Å². The number of rotatable bonds is 4. The zero-order valence-electron chi connectivity index (χ0n) is 13.7. The van der Waals surface area contributed by atoms with Crippen molar-refractivity contribution in [2.45, 2.75) is 18.9 Å². The van der Waals surface area contributed by atoms with Gasteiger partial charge in [0.25, 0.3) is 0 Å². The first-order chi connectivity index (χ1) is 11.3. The fourth-order valence-corrected chi connectivity index (χ4v) is 4.47. The molecule has 2 aliphatic rings. The third kappa shape index (κ3) is 4.08. The molecule has 23 heavy (non-hydrogen) atoms. The van der Waals surface area contributed by atoms with Gasteiger partial charge in [-0.05, 0) is 30.9 Å². The largest absolute Gasteiger partial charge is 0.341 e. The second kappa shape index (κ2) is 8.18. The molecule has 0 bridgehead atoms. The molecule has 0 radical (unpaired) electrons. The Balaban J connectivity index is 1.76. The molecular weight excluding hydrogens is 306 g/mol. The maximum Gasteiger partial charge on any atom is 0.244 e. The minimum atomic E-state index is -0.119. The Morgan fingerprint density at radius 2 is 1.78 bits per heavy atom. The average molecular weight is 334 g/mol. The van der Waals surface area contributed by atoms with Crippen LogP contribution in [0.2, 0.25) is 0 Å². The standard InChI is InChI=1S/C18H27N3OS/c19-14-15-6-8-21(9-7-15)18(22)17(16-4-2-1-3-5-16)20-10-12-23-13-11-20/h1-5,15,17H,6-14,19H2. The van der Waals surface area contributed by atoms with Crippen LogP contribution in [-0.4, -0.2) is 59.9 Å². The van der Waals surface area contributed by atoms with E-state index < -0.39 is 0 Å². The Kier molecular flexibility index (Phi) is 5.97. The molecule has 0 aromatic heterocycles. The Morgan fingerprint density at radius 1 is 1.13 bits per heavy atom. The molecule has 0 spiro atoms. The number of amides is 1. The number of piperidine rings is 1. The van der Waals surface area contributed by atoms with Crippen LogP contribution in [0.1, 0.15) is 24.4 Å². The first-order valence-electron chi connectivity index (χ1n) is 8.65. The molecule has 2 saturated heterocycles. The lowest BCUT2D eigenvalue weighted by Crippen LogP contribution is -2.48. The van der Waals surface area contributed by atoms with Crippen molar-refractivity contribution in [3.8, 4) is 0 Å². The molecule has 0 aliphatic carbocycles. The van der Waals surface area contributed by atoms with Crippen molar-refractivity contribution in [1.29, 1.82) is 0 Å². The van der Waals surface area contributed by atoms with Crippen molar-refractivity contribution in [3.63, 3.8) is 0 Å². The Hall–Kier alpha value is -1.04. The molecule has 1 aromatic rings. The van der Waals surface area contributed by atoms with Gasteiger partial charge in [-0.2, -0.15) is 11.8 Å². The van der Waals surface area contributed by atoms with E-state index in [1.165, 1.54) is 0 Å². The Bertz CT molecular complexity index is 496. The van der Waals surface area contributed by atoms with E-state index in [4.69, 9.17) is 5.73 Å². The average Bonchev–Trinajstić information content (AvgIpc) is 2.64. The van der Waals surface area contributed by atoms with Gasteiger partial charge in [-0.3, -0.25) is 9.69 Å². The highest BCUT2D eigenvalue weighted by Gasteiger charge is 2.33. The van der Waals surface area contributed by atoms with Crippen LogP contribution in [-0.2, 0) is 4.79 Å². The van der Waals surface area contributed by atoms with Crippen LogP contribution in [0.15, 0.2) is 30.3 Å². The van der Waals surface area contributed by atoms with E-state index >= 15 is 0 Å².